The Kier molecular flexibility index (Phi) is 7.09. The number of carboxylic acids is 2. The molecule has 0 heterocycles. The second-order valence-electron chi connectivity index (χ2n) is 5.47. The van der Waals surface area contributed by atoms with Gasteiger partial charge in [0.05, 0.1) is 17.4 Å². The zero-order chi connectivity index (χ0) is 19.1. The summed E-state index contributed by atoms with van der Waals surface area (Å²) in [6.07, 6.45) is -0.567. The zero-order valence-corrected chi connectivity index (χ0v) is 13.7. The molecule has 25 heavy (non-hydrogen) atoms. The molecule has 0 saturated carbocycles. The van der Waals surface area contributed by atoms with Crippen LogP contribution >= 0.6 is 0 Å². The lowest BCUT2D eigenvalue weighted by atomic mass is 9.93. The molecule has 0 aliphatic heterocycles. The third-order valence-electron chi connectivity index (χ3n) is 3.26. The fourth-order valence-electron chi connectivity index (χ4n) is 2.20. The summed E-state index contributed by atoms with van der Waals surface area (Å²) < 4.78 is 0. The molecule has 0 aromatic heterocycles. The van der Waals surface area contributed by atoms with Crippen LogP contribution in [0, 0.1) is 0 Å². The van der Waals surface area contributed by atoms with E-state index in [1.54, 1.807) is 0 Å². The van der Waals surface area contributed by atoms with Gasteiger partial charge in [0, 0.05) is 24.2 Å². The molecule has 0 spiro atoms. The molecule has 9 nitrogen and oxygen atoms in total. The van der Waals surface area contributed by atoms with Crippen molar-refractivity contribution in [2.45, 2.75) is 26.0 Å². The highest BCUT2D eigenvalue weighted by Gasteiger charge is 2.25. The highest BCUT2D eigenvalue weighted by Crippen LogP contribution is 2.37. The number of aromatic hydroxyl groups is 1. The van der Waals surface area contributed by atoms with Crippen LogP contribution in [0.2, 0.25) is 0 Å². The number of benzene rings is 1. The van der Waals surface area contributed by atoms with Crippen LogP contribution in [-0.4, -0.2) is 51.4 Å². The van der Waals surface area contributed by atoms with Gasteiger partial charge in [-0.05, 0) is 11.6 Å². The summed E-state index contributed by atoms with van der Waals surface area (Å²) in [5.74, 6) is -3.59. The van der Waals surface area contributed by atoms with Gasteiger partial charge in [-0.2, -0.15) is 0 Å². The van der Waals surface area contributed by atoms with Crippen molar-refractivity contribution < 1.29 is 34.8 Å². The lowest BCUT2D eigenvalue weighted by molar-refractivity contribution is -0.133. The van der Waals surface area contributed by atoms with Crippen molar-refractivity contribution in [1.29, 1.82) is 0 Å². The number of carbonyl (C=O) groups is 3. The number of rotatable bonds is 9. The highest BCUT2D eigenvalue weighted by atomic mass is 16.4. The summed E-state index contributed by atoms with van der Waals surface area (Å²) >= 11 is 0. The fourth-order valence-corrected chi connectivity index (χ4v) is 2.20. The molecule has 0 bridgehead atoms. The third-order valence-corrected chi connectivity index (χ3v) is 3.26. The normalized spacial score (nSPS) is 12.7. The number of anilines is 1. The summed E-state index contributed by atoms with van der Waals surface area (Å²) in [5.41, 5.74) is -1.22. The molecule has 6 N–H and O–H groups in total. The number of nitrogens with one attached hydrogen (secondary N) is 2. The van der Waals surface area contributed by atoms with E-state index < -0.39 is 29.4 Å². The van der Waals surface area contributed by atoms with Gasteiger partial charge in [-0.1, -0.05) is 19.9 Å². The van der Waals surface area contributed by atoms with Gasteiger partial charge in [0.25, 0.3) is 0 Å². The van der Waals surface area contributed by atoms with Crippen molar-refractivity contribution in [1.82, 2.24) is 5.32 Å². The molecule has 1 aromatic carbocycles. The van der Waals surface area contributed by atoms with Crippen molar-refractivity contribution in [3.8, 4) is 5.75 Å². The van der Waals surface area contributed by atoms with Crippen molar-refractivity contribution in [2.24, 2.45) is 0 Å². The Morgan fingerprint density at radius 1 is 1.24 bits per heavy atom. The minimum absolute atomic E-state index is 0.0382. The van der Waals surface area contributed by atoms with Crippen molar-refractivity contribution in [3.63, 3.8) is 0 Å². The van der Waals surface area contributed by atoms with Crippen LogP contribution in [0.5, 0.6) is 5.75 Å². The standard InChI is InChI=1S/C16H20N2O7/c1-8(2)17-6-12(21)9-3-4-11(20)15(18-7-19)14(9)10(16(24)25)5-13(22)23/h3-5,7-8,12,17,20-21H,6H2,1-2H3,(H,18,19)(H,22,23)(H,24,25)/b10-5-. The van der Waals surface area contributed by atoms with E-state index in [0.29, 0.717) is 6.08 Å². The zero-order valence-electron chi connectivity index (χ0n) is 13.7. The molecular weight excluding hydrogens is 332 g/mol. The maximum absolute atomic E-state index is 11.5. The van der Waals surface area contributed by atoms with Gasteiger partial charge in [0.1, 0.15) is 5.75 Å². The number of carbonyl (C=O) groups excluding carboxylic acids is 1. The Labute approximate surface area is 143 Å². The lowest BCUT2D eigenvalue weighted by Gasteiger charge is -2.21. The average Bonchev–Trinajstić information content (AvgIpc) is 2.52. The second-order valence-corrected chi connectivity index (χ2v) is 5.47. The maximum Gasteiger partial charge on any atom is 0.336 e. The Morgan fingerprint density at radius 2 is 1.88 bits per heavy atom. The molecule has 9 heteroatoms. The average molecular weight is 352 g/mol. The lowest BCUT2D eigenvalue weighted by Crippen LogP contribution is -2.28. The first-order chi connectivity index (χ1) is 11.7. The van der Waals surface area contributed by atoms with Gasteiger partial charge in [-0.25, -0.2) is 9.59 Å². The van der Waals surface area contributed by atoms with E-state index in [1.807, 2.05) is 13.8 Å². The summed E-state index contributed by atoms with van der Waals surface area (Å²) in [5, 5.41) is 43.7. The van der Waals surface area contributed by atoms with Crippen LogP contribution in [-0.2, 0) is 14.4 Å². The quantitative estimate of drug-likeness (QED) is 0.214. The van der Waals surface area contributed by atoms with Gasteiger partial charge < -0.3 is 31.1 Å². The molecule has 1 unspecified atom stereocenters. The Hall–Kier alpha value is -2.91. The number of carboxylic acid groups (broad SMARTS) is 2. The van der Waals surface area contributed by atoms with Crippen LogP contribution in [0.1, 0.15) is 31.1 Å². The van der Waals surface area contributed by atoms with E-state index in [2.05, 4.69) is 10.6 Å². The van der Waals surface area contributed by atoms with E-state index in [9.17, 15) is 29.7 Å². The summed E-state index contributed by atoms with van der Waals surface area (Å²) in [6, 6.07) is 2.48. The third kappa shape index (κ3) is 5.30. The van der Waals surface area contributed by atoms with E-state index in [0.717, 1.165) is 0 Å². The molecule has 1 amide bonds. The van der Waals surface area contributed by atoms with Gasteiger partial charge in [0.15, 0.2) is 0 Å². The minimum Gasteiger partial charge on any atom is -0.506 e. The molecule has 1 rings (SSSR count). The molecule has 0 radical (unpaired) electrons. The number of aliphatic hydroxyl groups excluding tert-OH is 1. The molecule has 136 valence electrons. The predicted molar refractivity (Wildman–Crippen MR) is 89.1 cm³/mol. The van der Waals surface area contributed by atoms with E-state index in [-0.39, 0.29) is 35.8 Å². The monoisotopic (exact) mass is 352 g/mol. The van der Waals surface area contributed by atoms with Crippen LogP contribution < -0.4 is 10.6 Å². The van der Waals surface area contributed by atoms with Crippen LogP contribution in [0.25, 0.3) is 5.57 Å². The van der Waals surface area contributed by atoms with E-state index in [4.69, 9.17) is 5.11 Å². The molecule has 1 atom stereocenters. The molecule has 0 fully saturated rings. The summed E-state index contributed by atoms with van der Waals surface area (Å²) in [7, 11) is 0. The van der Waals surface area contributed by atoms with Crippen LogP contribution in [0.3, 0.4) is 0 Å². The first-order valence-electron chi connectivity index (χ1n) is 7.34. The number of phenols is 1. The first-order valence-corrected chi connectivity index (χ1v) is 7.34. The Balaban J connectivity index is 3.62. The molecule has 1 aromatic rings. The summed E-state index contributed by atoms with van der Waals surface area (Å²) in [6.45, 7) is 3.74. The van der Waals surface area contributed by atoms with Crippen molar-refractivity contribution in [3.05, 3.63) is 29.3 Å². The van der Waals surface area contributed by atoms with Gasteiger partial charge >= 0.3 is 11.9 Å². The number of hydrogen-bond donors (Lipinski definition) is 6. The number of hydrogen-bond acceptors (Lipinski definition) is 6. The van der Waals surface area contributed by atoms with Crippen molar-refractivity contribution in [2.75, 3.05) is 11.9 Å². The van der Waals surface area contributed by atoms with Gasteiger partial charge in [-0.15, -0.1) is 0 Å². The topological polar surface area (TPSA) is 156 Å². The SMILES string of the molecule is CC(C)NCC(O)c1ccc(O)c(NC=O)c1/C(=C/C(=O)O)C(=O)O. The second kappa shape index (κ2) is 8.81. The number of amides is 1. The van der Waals surface area contributed by atoms with Gasteiger partial charge in [0.2, 0.25) is 6.41 Å². The molecule has 0 saturated heterocycles. The molecule has 0 aliphatic carbocycles. The van der Waals surface area contributed by atoms with Crippen molar-refractivity contribution >= 4 is 29.6 Å². The Morgan fingerprint density at radius 3 is 2.36 bits per heavy atom. The molecular formula is C16H20N2O7. The molecule has 0 aliphatic rings. The minimum atomic E-state index is -1.59. The number of aliphatic carboxylic acids is 2. The van der Waals surface area contributed by atoms with Crippen LogP contribution in [0.15, 0.2) is 18.2 Å². The summed E-state index contributed by atoms with van der Waals surface area (Å²) in [4.78, 5) is 33.3. The first kappa shape index (κ1) is 20.1. The van der Waals surface area contributed by atoms with Crippen LogP contribution in [0.4, 0.5) is 5.69 Å². The Bertz CT molecular complexity index is 698. The number of aliphatic hydroxyl groups is 1. The van der Waals surface area contributed by atoms with E-state index >= 15 is 0 Å². The number of phenolic OH excluding ortho intramolecular Hbond substituents is 1. The fraction of sp³-hybridized carbons (Fsp3) is 0.312. The smallest absolute Gasteiger partial charge is 0.336 e. The van der Waals surface area contributed by atoms with Gasteiger partial charge in [-0.3, -0.25) is 4.79 Å². The van der Waals surface area contributed by atoms with E-state index in [1.165, 1.54) is 12.1 Å². The highest BCUT2D eigenvalue weighted by molar-refractivity contribution is 6.22. The largest absolute Gasteiger partial charge is 0.506 e. The maximum atomic E-state index is 11.5. The predicted octanol–water partition coefficient (Wildman–Crippen LogP) is 0.544.